The quantitative estimate of drug-likeness (QED) is 0.485. The fourth-order valence-electron chi connectivity index (χ4n) is 2.71. The number of phenols is 2. The topological polar surface area (TPSA) is 90.6 Å². The molecule has 0 amide bonds. The molecule has 0 saturated heterocycles. The Morgan fingerprint density at radius 1 is 1.24 bits per heavy atom. The maximum atomic E-state index is 11.4. The molecule has 0 aliphatic heterocycles. The Hall–Kier alpha value is -2.82. The predicted octanol–water partition coefficient (Wildman–Crippen LogP) is 4.55. The first-order valence-electron chi connectivity index (χ1n) is 8.29. The lowest BCUT2D eigenvalue weighted by Crippen LogP contribution is -2.16. The molecule has 2 aromatic rings. The number of aromatic hydroxyl groups is 2. The average molecular weight is 341 g/mol. The molecule has 0 spiro atoms. The molecule has 1 atom stereocenters. The third-order valence-electron chi connectivity index (χ3n) is 3.85. The fraction of sp³-hybridized carbons (Fsp3) is 0.300. The smallest absolute Gasteiger partial charge is 0.154 e. The molecule has 0 aliphatic rings. The van der Waals surface area contributed by atoms with Crippen molar-refractivity contribution in [3.8, 4) is 28.4 Å². The third-order valence-corrected chi connectivity index (χ3v) is 3.85. The molecule has 0 fully saturated rings. The number of ether oxygens (including phenoxy) is 1. The SMILES string of the molecule is CCCC(=N)CC(C)Oc1cc(O)c(C=O)c(-c2ccc(O)cc2)c1. The molecule has 0 heterocycles. The molecular formula is C20H23NO4. The van der Waals surface area contributed by atoms with E-state index in [2.05, 4.69) is 0 Å². The number of carbonyl (C=O) groups is 1. The summed E-state index contributed by atoms with van der Waals surface area (Å²) >= 11 is 0. The second kappa shape index (κ2) is 8.33. The minimum absolute atomic E-state index is 0.121. The Kier molecular flexibility index (Phi) is 6.17. The van der Waals surface area contributed by atoms with Crippen molar-refractivity contribution in [2.45, 2.75) is 39.2 Å². The highest BCUT2D eigenvalue weighted by atomic mass is 16.5. The van der Waals surface area contributed by atoms with Gasteiger partial charge < -0.3 is 20.4 Å². The van der Waals surface area contributed by atoms with Gasteiger partial charge in [-0.05, 0) is 42.7 Å². The van der Waals surface area contributed by atoms with Gasteiger partial charge in [0, 0.05) is 18.2 Å². The van der Waals surface area contributed by atoms with Crippen molar-refractivity contribution in [2.75, 3.05) is 0 Å². The lowest BCUT2D eigenvalue weighted by atomic mass is 9.99. The van der Waals surface area contributed by atoms with Gasteiger partial charge in [0.15, 0.2) is 6.29 Å². The number of nitrogens with one attached hydrogen (secondary N) is 1. The Morgan fingerprint density at radius 3 is 2.52 bits per heavy atom. The van der Waals surface area contributed by atoms with Gasteiger partial charge in [0.1, 0.15) is 23.4 Å². The van der Waals surface area contributed by atoms with Crippen molar-refractivity contribution in [2.24, 2.45) is 0 Å². The molecule has 132 valence electrons. The minimum atomic E-state index is -0.215. The van der Waals surface area contributed by atoms with Crippen molar-refractivity contribution < 1.29 is 19.7 Å². The van der Waals surface area contributed by atoms with Crippen LogP contribution in [0.5, 0.6) is 17.2 Å². The second-order valence-electron chi connectivity index (χ2n) is 6.05. The van der Waals surface area contributed by atoms with Crippen LogP contribution in [0.1, 0.15) is 43.5 Å². The van der Waals surface area contributed by atoms with E-state index in [0.717, 1.165) is 12.8 Å². The molecule has 25 heavy (non-hydrogen) atoms. The summed E-state index contributed by atoms with van der Waals surface area (Å²) in [5.74, 6) is 0.394. The average Bonchev–Trinajstić information content (AvgIpc) is 2.55. The molecule has 2 rings (SSSR count). The van der Waals surface area contributed by atoms with Crippen molar-refractivity contribution in [1.82, 2.24) is 0 Å². The zero-order valence-electron chi connectivity index (χ0n) is 14.5. The van der Waals surface area contributed by atoms with Crippen LogP contribution in [0.4, 0.5) is 0 Å². The summed E-state index contributed by atoms with van der Waals surface area (Å²) in [7, 11) is 0. The van der Waals surface area contributed by atoms with Crippen LogP contribution in [0.25, 0.3) is 11.1 Å². The standard InChI is InChI=1S/C20H23NO4/c1-3-4-15(21)9-13(2)25-17-10-18(19(12-22)20(24)11-17)14-5-7-16(23)8-6-14/h5-8,10-13,21,23-24H,3-4,9H2,1-2H3. The number of hydrogen-bond donors (Lipinski definition) is 3. The van der Waals surface area contributed by atoms with Crippen LogP contribution in [0.15, 0.2) is 36.4 Å². The van der Waals surface area contributed by atoms with Crippen LogP contribution in [0, 0.1) is 5.41 Å². The number of phenolic OH excluding ortho intramolecular Hbond substituents is 2. The third kappa shape index (κ3) is 4.83. The highest BCUT2D eigenvalue weighted by Gasteiger charge is 2.15. The van der Waals surface area contributed by atoms with E-state index < -0.39 is 0 Å². The van der Waals surface area contributed by atoms with E-state index in [0.29, 0.717) is 35.3 Å². The molecular weight excluding hydrogens is 318 g/mol. The molecule has 1 unspecified atom stereocenters. The summed E-state index contributed by atoms with van der Waals surface area (Å²) < 4.78 is 5.83. The summed E-state index contributed by atoms with van der Waals surface area (Å²) in [6.07, 6.45) is 2.56. The van der Waals surface area contributed by atoms with Crippen molar-refractivity contribution in [1.29, 1.82) is 5.41 Å². The predicted molar refractivity (Wildman–Crippen MR) is 97.9 cm³/mol. The molecule has 0 radical (unpaired) electrons. The Morgan fingerprint density at radius 2 is 1.92 bits per heavy atom. The first-order valence-corrected chi connectivity index (χ1v) is 8.29. The van der Waals surface area contributed by atoms with Gasteiger partial charge >= 0.3 is 0 Å². The van der Waals surface area contributed by atoms with Gasteiger partial charge in [-0.3, -0.25) is 4.79 Å². The van der Waals surface area contributed by atoms with Gasteiger partial charge in [0.25, 0.3) is 0 Å². The number of benzene rings is 2. The van der Waals surface area contributed by atoms with Gasteiger partial charge in [0.05, 0.1) is 5.56 Å². The van der Waals surface area contributed by atoms with Crippen LogP contribution < -0.4 is 4.74 Å². The Balaban J connectivity index is 2.30. The number of aldehydes is 1. The van der Waals surface area contributed by atoms with Gasteiger partial charge in [-0.1, -0.05) is 25.5 Å². The van der Waals surface area contributed by atoms with Gasteiger partial charge in [-0.2, -0.15) is 0 Å². The molecule has 3 N–H and O–H groups in total. The van der Waals surface area contributed by atoms with E-state index in [-0.39, 0.29) is 23.2 Å². The molecule has 0 bridgehead atoms. The molecule has 0 saturated carbocycles. The molecule has 0 aromatic heterocycles. The highest BCUT2D eigenvalue weighted by molar-refractivity contribution is 5.91. The highest BCUT2D eigenvalue weighted by Crippen LogP contribution is 2.35. The van der Waals surface area contributed by atoms with Crippen LogP contribution in [-0.4, -0.2) is 28.3 Å². The number of hydrogen-bond acceptors (Lipinski definition) is 5. The largest absolute Gasteiger partial charge is 0.508 e. The van der Waals surface area contributed by atoms with Crippen LogP contribution >= 0.6 is 0 Å². The van der Waals surface area contributed by atoms with E-state index in [4.69, 9.17) is 10.1 Å². The van der Waals surface area contributed by atoms with E-state index in [1.807, 2.05) is 13.8 Å². The summed E-state index contributed by atoms with van der Waals surface area (Å²) in [6.45, 7) is 3.90. The maximum absolute atomic E-state index is 11.4. The van der Waals surface area contributed by atoms with Gasteiger partial charge in [-0.25, -0.2) is 0 Å². The summed E-state index contributed by atoms with van der Waals surface area (Å²) in [5, 5.41) is 27.5. The minimum Gasteiger partial charge on any atom is -0.508 e. The maximum Gasteiger partial charge on any atom is 0.154 e. The first kappa shape index (κ1) is 18.5. The van der Waals surface area contributed by atoms with Crippen LogP contribution in [0.2, 0.25) is 0 Å². The fourth-order valence-corrected chi connectivity index (χ4v) is 2.71. The molecule has 0 aliphatic carbocycles. The number of rotatable bonds is 8. The van der Waals surface area contributed by atoms with E-state index in [1.165, 1.54) is 18.2 Å². The second-order valence-corrected chi connectivity index (χ2v) is 6.05. The van der Waals surface area contributed by atoms with Gasteiger partial charge in [0.2, 0.25) is 0 Å². The van der Waals surface area contributed by atoms with Crippen molar-refractivity contribution in [3.05, 3.63) is 42.0 Å². The Bertz CT molecular complexity index is 753. The Labute approximate surface area is 147 Å². The van der Waals surface area contributed by atoms with E-state index >= 15 is 0 Å². The van der Waals surface area contributed by atoms with Crippen LogP contribution in [-0.2, 0) is 0 Å². The molecule has 5 heteroatoms. The normalized spacial score (nSPS) is 11.8. The zero-order chi connectivity index (χ0) is 18.4. The summed E-state index contributed by atoms with van der Waals surface area (Å²) in [4.78, 5) is 11.4. The first-order chi connectivity index (χ1) is 11.9. The number of carbonyl (C=O) groups excluding carboxylic acids is 1. The monoisotopic (exact) mass is 341 g/mol. The van der Waals surface area contributed by atoms with Crippen molar-refractivity contribution >= 4 is 12.0 Å². The molecule has 2 aromatic carbocycles. The lowest BCUT2D eigenvalue weighted by molar-refractivity contribution is 0.112. The van der Waals surface area contributed by atoms with Crippen molar-refractivity contribution in [3.63, 3.8) is 0 Å². The zero-order valence-corrected chi connectivity index (χ0v) is 14.5. The molecule has 5 nitrogen and oxygen atoms in total. The van der Waals surface area contributed by atoms with Crippen LogP contribution in [0.3, 0.4) is 0 Å². The van der Waals surface area contributed by atoms with Gasteiger partial charge in [-0.15, -0.1) is 0 Å². The summed E-state index contributed by atoms with van der Waals surface area (Å²) in [6, 6.07) is 9.47. The van der Waals surface area contributed by atoms with E-state index in [9.17, 15) is 15.0 Å². The van der Waals surface area contributed by atoms with E-state index in [1.54, 1.807) is 18.2 Å². The summed E-state index contributed by atoms with van der Waals surface area (Å²) in [5.41, 5.74) is 2.01. The lowest BCUT2D eigenvalue weighted by Gasteiger charge is -2.17.